The number of allylic oxidation sites excluding steroid dienone is 1. The Hall–Kier alpha value is -2.75. The van der Waals surface area contributed by atoms with Crippen molar-refractivity contribution in [3.8, 4) is 11.5 Å². The highest BCUT2D eigenvalue weighted by Crippen LogP contribution is 2.30. The lowest BCUT2D eigenvalue weighted by atomic mass is 9.97. The van der Waals surface area contributed by atoms with Gasteiger partial charge in [-0.3, -0.25) is 0 Å². The van der Waals surface area contributed by atoms with Gasteiger partial charge in [-0.05, 0) is 41.7 Å². The molecule has 0 bridgehead atoms. The molecule has 0 amide bonds. The molecule has 0 fully saturated rings. The van der Waals surface area contributed by atoms with Gasteiger partial charge in [-0.1, -0.05) is 36.4 Å². The van der Waals surface area contributed by atoms with Crippen LogP contribution < -0.4 is 0 Å². The van der Waals surface area contributed by atoms with Crippen LogP contribution >= 0.6 is 0 Å². The number of carbonyl (C=O) groups is 1. The molecule has 0 heterocycles. The van der Waals surface area contributed by atoms with Crippen LogP contribution in [0.15, 0.2) is 54.6 Å². The average Bonchev–Trinajstić information content (AvgIpc) is 2.47. The number of carboxylic acids is 1. The van der Waals surface area contributed by atoms with Crippen molar-refractivity contribution in [2.75, 3.05) is 0 Å². The fourth-order valence-electron chi connectivity index (χ4n) is 2.10. The molecule has 2 aromatic rings. The van der Waals surface area contributed by atoms with Crippen LogP contribution in [0.5, 0.6) is 11.5 Å². The van der Waals surface area contributed by atoms with Crippen molar-refractivity contribution >= 4 is 11.5 Å². The minimum atomic E-state index is -1.04. The predicted octanol–water partition coefficient (Wildman–Crippen LogP) is 3.20. The second kappa shape index (κ2) is 6.61. The minimum absolute atomic E-state index is 0.225. The summed E-state index contributed by atoms with van der Waals surface area (Å²) in [5.74, 6) is -1.52. The Morgan fingerprint density at radius 3 is 2.33 bits per heavy atom. The fraction of sp³-hybridized carbons (Fsp3) is 0.118. The Labute approximate surface area is 122 Å². The molecule has 0 radical (unpaired) electrons. The number of rotatable bonds is 5. The molecule has 0 atom stereocenters. The van der Waals surface area contributed by atoms with Crippen LogP contribution in [-0.2, 0) is 11.2 Å². The number of hydrogen-bond acceptors (Lipinski definition) is 3. The summed E-state index contributed by atoms with van der Waals surface area (Å²) in [6.45, 7) is 0. The summed E-state index contributed by atoms with van der Waals surface area (Å²) in [6.07, 6.45) is 2.36. The third kappa shape index (κ3) is 4.11. The zero-order valence-electron chi connectivity index (χ0n) is 11.4. The maximum atomic E-state index is 11.0. The lowest BCUT2D eigenvalue weighted by molar-refractivity contribution is -0.131. The predicted molar refractivity (Wildman–Crippen MR) is 80.1 cm³/mol. The normalized spacial score (nSPS) is 11.3. The molecule has 0 unspecified atom stereocenters. The molecule has 21 heavy (non-hydrogen) atoms. The number of hydrogen-bond donors (Lipinski definition) is 3. The van der Waals surface area contributed by atoms with E-state index in [1.54, 1.807) is 6.07 Å². The molecule has 0 aliphatic rings. The maximum Gasteiger partial charge on any atom is 0.328 e. The van der Waals surface area contributed by atoms with Crippen LogP contribution in [0.25, 0.3) is 5.57 Å². The molecule has 3 N–H and O–H groups in total. The van der Waals surface area contributed by atoms with Crippen molar-refractivity contribution in [2.45, 2.75) is 12.8 Å². The van der Waals surface area contributed by atoms with Crippen molar-refractivity contribution in [3.05, 3.63) is 65.7 Å². The third-order valence-corrected chi connectivity index (χ3v) is 3.17. The lowest BCUT2D eigenvalue weighted by Crippen LogP contribution is -1.95. The van der Waals surface area contributed by atoms with Crippen molar-refractivity contribution < 1.29 is 20.1 Å². The van der Waals surface area contributed by atoms with Gasteiger partial charge in [0.05, 0.1) is 0 Å². The number of aryl methyl sites for hydroxylation is 1. The largest absolute Gasteiger partial charge is 0.504 e. The molecule has 2 rings (SSSR count). The van der Waals surface area contributed by atoms with Gasteiger partial charge in [0.25, 0.3) is 0 Å². The van der Waals surface area contributed by atoms with Gasteiger partial charge in [-0.2, -0.15) is 0 Å². The maximum absolute atomic E-state index is 11.0. The quantitative estimate of drug-likeness (QED) is 0.582. The fourth-order valence-corrected chi connectivity index (χ4v) is 2.10. The smallest absolute Gasteiger partial charge is 0.328 e. The summed E-state index contributed by atoms with van der Waals surface area (Å²) in [4.78, 5) is 11.0. The van der Waals surface area contributed by atoms with Gasteiger partial charge < -0.3 is 15.3 Å². The number of phenols is 2. The van der Waals surface area contributed by atoms with E-state index < -0.39 is 5.97 Å². The van der Waals surface area contributed by atoms with Crippen LogP contribution in [0.1, 0.15) is 17.5 Å². The first kappa shape index (κ1) is 14.7. The van der Waals surface area contributed by atoms with Gasteiger partial charge in [0.1, 0.15) is 0 Å². The van der Waals surface area contributed by atoms with E-state index in [-0.39, 0.29) is 11.5 Å². The Kier molecular flexibility index (Phi) is 4.61. The first-order valence-corrected chi connectivity index (χ1v) is 6.56. The SMILES string of the molecule is O=C(O)/C=C(\CCc1ccccc1)c1ccc(O)c(O)c1. The zero-order chi connectivity index (χ0) is 15.2. The van der Waals surface area contributed by atoms with E-state index in [2.05, 4.69) is 0 Å². The van der Waals surface area contributed by atoms with Crippen molar-refractivity contribution in [3.63, 3.8) is 0 Å². The summed E-state index contributed by atoms with van der Waals surface area (Å²) < 4.78 is 0. The molecule has 2 aromatic carbocycles. The molecular formula is C17H16O4. The second-order valence-corrected chi connectivity index (χ2v) is 4.70. The summed E-state index contributed by atoms with van der Waals surface area (Å²) in [6, 6.07) is 14.1. The second-order valence-electron chi connectivity index (χ2n) is 4.70. The Balaban J connectivity index is 2.22. The van der Waals surface area contributed by atoms with Crippen LogP contribution in [-0.4, -0.2) is 21.3 Å². The lowest BCUT2D eigenvalue weighted by Gasteiger charge is -2.09. The number of benzene rings is 2. The Morgan fingerprint density at radius 2 is 1.71 bits per heavy atom. The van der Waals surface area contributed by atoms with Crippen molar-refractivity contribution in [1.29, 1.82) is 0 Å². The first-order valence-electron chi connectivity index (χ1n) is 6.56. The number of phenolic OH excluding ortho intramolecular Hbond substituents is 2. The van der Waals surface area contributed by atoms with Gasteiger partial charge in [0, 0.05) is 6.08 Å². The standard InChI is InChI=1S/C17H16O4/c18-15-9-8-13(10-16(15)19)14(11-17(20)21)7-6-12-4-2-1-3-5-12/h1-5,8-11,18-19H,6-7H2,(H,20,21)/b14-11+. The highest BCUT2D eigenvalue weighted by molar-refractivity contribution is 5.90. The van der Waals surface area contributed by atoms with Crippen LogP contribution in [0.4, 0.5) is 0 Å². The zero-order valence-corrected chi connectivity index (χ0v) is 11.4. The molecule has 0 aliphatic heterocycles. The highest BCUT2D eigenvalue weighted by atomic mass is 16.4. The van der Waals surface area contributed by atoms with Gasteiger partial charge in [0.15, 0.2) is 11.5 Å². The van der Waals surface area contributed by atoms with E-state index in [4.69, 9.17) is 5.11 Å². The van der Waals surface area contributed by atoms with E-state index >= 15 is 0 Å². The average molecular weight is 284 g/mol. The minimum Gasteiger partial charge on any atom is -0.504 e. The molecule has 0 saturated carbocycles. The van der Waals surface area contributed by atoms with E-state index in [1.165, 1.54) is 12.1 Å². The van der Waals surface area contributed by atoms with Crippen molar-refractivity contribution in [1.82, 2.24) is 0 Å². The number of aliphatic carboxylic acids is 1. The van der Waals surface area contributed by atoms with Gasteiger partial charge in [0.2, 0.25) is 0 Å². The van der Waals surface area contributed by atoms with E-state index in [0.29, 0.717) is 24.0 Å². The molecule has 4 nitrogen and oxygen atoms in total. The molecule has 108 valence electrons. The van der Waals surface area contributed by atoms with Crippen LogP contribution in [0, 0.1) is 0 Å². The van der Waals surface area contributed by atoms with Crippen LogP contribution in [0.3, 0.4) is 0 Å². The van der Waals surface area contributed by atoms with Crippen LogP contribution in [0.2, 0.25) is 0 Å². The Morgan fingerprint density at radius 1 is 1.00 bits per heavy atom. The molecule has 0 aliphatic carbocycles. The van der Waals surface area contributed by atoms with Crippen molar-refractivity contribution in [2.24, 2.45) is 0 Å². The van der Waals surface area contributed by atoms with E-state index in [0.717, 1.165) is 11.6 Å². The summed E-state index contributed by atoms with van der Waals surface area (Å²) >= 11 is 0. The topological polar surface area (TPSA) is 77.8 Å². The summed E-state index contributed by atoms with van der Waals surface area (Å²) in [5.41, 5.74) is 2.29. The van der Waals surface area contributed by atoms with Gasteiger partial charge in [-0.15, -0.1) is 0 Å². The monoisotopic (exact) mass is 284 g/mol. The van der Waals surface area contributed by atoms with Gasteiger partial charge >= 0.3 is 5.97 Å². The number of aromatic hydroxyl groups is 2. The van der Waals surface area contributed by atoms with E-state index in [1.807, 2.05) is 30.3 Å². The third-order valence-electron chi connectivity index (χ3n) is 3.17. The van der Waals surface area contributed by atoms with Gasteiger partial charge in [-0.25, -0.2) is 4.79 Å². The Bertz CT molecular complexity index is 660. The molecule has 4 heteroatoms. The molecular weight excluding hydrogens is 268 g/mol. The molecule has 0 spiro atoms. The number of carboxylic acid groups (broad SMARTS) is 1. The summed E-state index contributed by atoms with van der Waals surface area (Å²) in [7, 11) is 0. The van der Waals surface area contributed by atoms with E-state index in [9.17, 15) is 15.0 Å². The highest BCUT2D eigenvalue weighted by Gasteiger charge is 2.08. The first-order chi connectivity index (χ1) is 10.1. The molecule has 0 saturated heterocycles. The molecule has 0 aromatic heterocycles. The summed E-state index contributed by atoms with van der Waals surface area (Å²) in [5, 5.41) is 27.9.